The highest BCUT2D eigenvalue weighted by Gasteiger charge is 2.35. The maximum Gasteiger partial charge on any atom is 0.234 e. The zero-order valence-corrected chi connectivity index (χ0v) is 12.5. The molecule has 0 radical (unpaired) electrons. The van der Waals surface area contributed by atoms with E-state index in [2.05, 4.69) is 29.8 Å². The van der Waals surface area contributed by atoms with Gasteiger partial charge < -0.3 is 4.90 Å². The molecule has 0 spiro atoms. The Morgan fingerprint density at radius 3 is 3.05 bits per heavy atom. The molecule has 1 saturated heterocycles. The van der Waals surface area contributed by atoms with Gasteiger partial charge in [0.15, 0.2) is 0 Å². The van der Waals surface area contributed by atoms with Gasteiger partial charge in [0, 0.05) is 24.0 Å². The number of hydrogen-bond acceptors (Lipinski definition) is 3. The molecule has 19 heavy (non-hydrogen) atoms. The second-order valence-corrected chi connectivity index (χ2v) is 6.16. The third kappa shape index (κ3) is 3.50. The minimum Gasteiger partial charge on any atom is -0.323 e. The zero-order chi connectivity index (χ0) is 13.7. The predicted octanol–water partition coefficient (Wildman–Crippen LogP) is 3.62. The number of hydrogen-bond donors (Lipinski definition) is 0. The summed E-state index contributed by atoms with van der Waals surface area (Å²) in [6, 6.07) is 4.33. The molecule has 2 atom stereocenters. The Bertz CT molecular complexity index is 410. The van der Waals surface area contributed by atoms with Crippen molar-refractivity contribution in [1.29, 1.82) is 0 Å². The van der Waals surface area contributed by atoms with Crippen molar-refractivity contribution in [2.24, 2.45) is 0 Å². The third-order valence-corrected chi connectivity index (χ3v) is 4.80. The molecule has 0 bridgehead atoms. The van der Waals surface area contributed by atoms with Crippen molar-refractivity contribution in [3.63, 3.8) is 0 Å². The normalized spacial score (nSPS) is 20.8. The van der Waals surface area contributed by atoms with Crippen molar-refractivity contribution in [3.8, 4) is 0 Å². The van der Waals surface area contributed by atoms with Gasteiger partial charge in [0.25, 0.3) is 0 Å². The Morgan fingerprint density at radius 2 is 2.37 bits per heavy atom. The van der Waals surface area contributed by atoms with Crippen LogP contribution in [0, 0.1) is 0 Å². The highest BCUT2D eigenvalue weighted by Crippen LogP contribution is 2.40. The lowest BCUT2D eigenvalue weighted by molar-refractivity contribution is -0.130. The van der Waals surface area contributed by atoms with Crippen molar-refractivity contribution >= 4 is 17.7 Å². The topological polar surface area (TPSA) is 33.2 Å². The van der Waals surface area contributed by atoms with Gasteiger partial charge in [-0.05, 0) is 19.4 Å². The molecular formula is C15H22N2OS. The van der Waals surface area contributed by atoms with E-state index in [1.165, 1.54) is 19.3 Å². The van der Waals surface area contributed by atoms with Gasteiger partial charge in [-0.3, -0.25) is 9.78 Å². The van der Waals surface area contributed by atoms with Gasteiger partial charge in [0.2, 0.25) is 5.91 Å². The molecule has 2 unspecified atom stereocenters. The third-order valence-electron chi connectivity index (χ3n) is 3.58. The Hall–Kier alpha value is -1.03. The summed E-state index contributed by atoms with van der Waals surface area (Å²) >= 11 is 1.72. The number of carbonyl (C=O) groups is 1. The van der Waals surface area contributed by atoms with Gasteiger partial charge in [-0.25, -0.2) is 0 Å². The van der Waals surface area contributed by atoms with Gasteiger partial charge in [0.1, 0.15) is 5.37 Å². The molecule has 4 heteroatoms. The Kier molecular flexibility index (Phi) is 5.25. The van der Waals surface area contributed by atoms with Crippen LogP contribution in [0.15, 0.2) is 24.5 Å². The fourth-order valence-corrected chi connectivity index (χ4v) is 3.79. The van der Waals surface area contributed by atoms with Gasteiger partial charge >= 0.3 is 0 Å². The van der Waals surface area contributed by atoms with Gasteiger partial charge in [-0.2, -0.15) is 0 Å². The van der Waals surface area contributed by atoms with E-state index < -0.39 is 0 Å². The van der Waals surface area contributed by atoms with Crippen molar-refractivity contribution in [1.82, 2.24) is 9.88 Å². The van der Waals surface area contributed by atoms with E-state index in [-0.39, 0.29) is 11.3 Å². The maximum atomic E-state index is 12.1. The molecule has 1 aliphatic heterocycles. The Morgan fingerprint density at radius 1 is 1.53 bits per heavy atom. The number of rotatable bonds is 6. The first kappa shape index (κ1) is 14.4. The summed E-state index contributed by atoms with van der Waals surface area (Å²) in [5.74, 6) is 0.861. The Balaban J connectivity index is 2.05. The van der Waals surface area contributed by atoms with Crippen LogP contribution in [0.25, 0.3) is 0 Å². The number of nitrogens with zero attached hydrogens (tertiary/aromatic N) is 2. The number of pyridine rings is 1. The standard InChI is InChI=1S/C15H22N2OS/c1-3-4-5-7-12(2)17-14(18)11-19-15(17)13-8-6-9-16-10-13/h6,8-10,12,15H,3-5,7,11H2,1-2H3. The average molecular weight is 278 g/mol. The van der Waals surface area contributed by atoms with Crippen molar-refractivity contribution in [3.05, 3.63) is 30.1 Å². The number of carbonyl (C=O) groups excluding carboxylic acids is 1. The number of amides is 1. The van der Waals surface area contributed by atoms with E-state index in [0.29, 0.717) is 11.8 Å². The molecular weight excluding hydrogens is 256 g/mol. The van der Waals surface area contributed by atoms with Crippen LogP contribution >= 0.6 is 11.8 Å². The largest absolute Gasteiger partial charge is 0.323 e. The fraction of sp³-hybridized carbons (Fsp3) is 0.600. The molecule has 0 saturated carbocycles. The second kappa shape index (κ2) is 6.94. The highest BCUT2D eigenvalue weighted by molar-refractivity contribution is 8.00. The summed E-state index contributed by atoms with van der Waals surface area (Å²) in [6.07, 6.45) is 8.42. The van der Waals surface area contributed by atoms with E-state index >= 15 is 0 Å². The summed E-state index contributed by atoms with van der Waals surface area (Å²) in [5, 5.41) is 0.151. The molecule has 104 valence electrons. The molecule has 0 aliphatic carbocycles. The lowest BCUT2D eigenvalue weighted by atomic mass is 10.1. The van der Waals surface area contributed by atoms with Crippen LogP contribution in [0.1, 0.15) is 50.5 Å². The smallest absolute Gasteiger partial charge is 0.234 e. The van der Waals surface area contributed by atoms with Crippen LogP contribution in [-0.2, 0) is 4.79 Å². The van der Waals surface area contributed by atoms with Gasteiger partial charge in [-0.15, -0.1) is 11.8 Å². The molecule has 0 N–H and O–H groups in total. The molecule has 1 aromatic heterocycles. The van der Waals surface area contributed by atoms with Gasteiger partial charge in [0.05, 0.1) is 5.75 Å². The molecule has 0 aromatic carbocycles. The Labute approximate surface area is 119 Å². The summed E-state index contributed by atoms with van der Waals surface area (Å²) in [4.78, 5) is 18.3. The fourth-order valence-electron chi connectivity index (χ4n) is 2.52. The van der Waals surface area contributed by atoms with Crippen LogP contribution in [0.4, 0.5) is 0 Å². The lowest BCUT2D eigenvalue weighted by Gasteiger charge is -2.30. The average Bonchev–Trinajstić information content (AvgIpc) is 2.82. The van der Waals surface area contributed by atoms with Crippen LogP contribution in [0.3, 0.4) is 0 Å². The molecule has 2 rings (SSSR count). The first-order valence-electron chi connectivity index (χ1n) is 7.06. The van der Waals surface area contributed by atoms with E-state index in [1.807, 2.05) is 12.3 Å². The van der Waals surface area contributed by atoms with E-state index in [1.54, 1.807) is 18.0 Å². The minimum absolute atomic E-state index is 0.151. The van der Waals surface area contributed by atoms with E-state index in [0.717, 1.165) is 12.0 Å². The summed E-state index contributed by atoms with van der Waals surface area (Å²) < 4.78 is 0. The minimum atomic E-state index is 0.151. The lowest BCUT2D eigenvalue weighted by Crippen LogP contribution is -2.36. The van der Waals surface area contributed by atoms with Gasteiger partial charge in [-0.1, -0.05) is 32.3 Å². The van der Waals surface area contributed by atoms with Crippen LogP contribution < -0.4 is 0 Å². The van der Waals surface area contributed by atoms with E-state index in [9.17, 15) is 4.79 Å². The van der Waals surface area contributed by atoms with Crippen LogP contribution in [0.2, 0.25) is 0 Å². The van der Waals surface area contributed by atoms with Crippen LogP contribution in [-0.4, -0.2) is 27.6 Å². The summed E-state index contributed by atoms with van der Waals surface area (Å²) in [7, 11) is 0. The maximum absolute atomic E-state index is 12.1. The van der Waals surface area contributed by atoms with Crippen molar-refractivity contribution in [2.75, 3.05) is 5.75 Å². The summed E-state index contributed by atoms with van der Waals surface area (Å²) in [6.45, 7) is 4.38. The number of unbranched alkanes of at least 4 members (excludes halogenated alkanes) is 2. The monoisotopic (exact) mass is 278 g/mol. The van der Waals surface area contributed by atoms with E-state index in [4.69, 9.17) is 0 Å². The molecule has 1 aliphatic rings. The highest BCUT2D eigenvalue weighted by atomic mass is 32.2. The first-order chi connectivity index (χ1) is 9.24. The quantitative estimate of drug-likeness (QED) is 0.745. The molecule has 2 heterocycles. The first-order valence-corrected chi connectivity index (χ1v) is 8.11. The predicted molar refractivity (Wildman–Crippen MR) is 79.9 cm³/mol. The van der Waals surface area contributed by atoms with Crippen LogP contribution in [0.5, 0.6) is 0 Å². The number of thioether (sulfide) groups is 1. The molecule has 3 nitrogen and oxygen atoms in total. The van der Waals surface area contributed by atoms with Crippen molar-refractivity contribution in [2.45, 2.75) is 50.9 Å². The van der Waals surface area contributed by atoms with Crippen molar-refractivity contribution < 1.29 is 4.79 Å². The summed E-state index contributed by atoms with van der Waals surface area (Å²) in [5.41, 5.74) is 1.14. The zero-order valence-electron chi connectivity index (χ0n) is 11.7. The second-order valence-electron chi connectivity index (χ2n) is 5.10. The molecule has 1 fully saturated rings. The SMILES string of the molecule is CCCCCC(C)N1C(=O)CSC1c1cccnc1. The molecule has 1 amide bonds. The molecule has 1 aromatic rings. The number of aromatic nitrogens is 1.